The molecular formula is C50H31N3O. The van der Waals surface area contributed by atoms with Crippen LogP contribution in [-0.2, 0) is 0 Å². The maximum atomic E-state index is 6.79. The average Bonchev–Trinajstić information content (AvgIpc) is 3.97. The van der Waals surface area contributed by atoms with Gasteiger partial charge in [0.1, 0.15) is 5.58 Å². The highest BCUT2D eigenvalue weighted by atomic mass is 16.3. The molecule has 0 aliphatic heterocycles. The van der Waals surface area contributed by atoms with Gasteiger partial charge >= 0.3 is 0 Å². The maximum Gasteiger partial charge on any atom is 0.213 e. The monoisotopic (exact) mass is 689 g/mol. The fraction of sp³-hybridized carbons (Fsp3) is 0. The van der Waals surface area contributed by atoms with Crippen molar-refractivity contribution in [3.8, 4) is 28.2 Å². The van der Waals surface area contributed by atoms with Gasteiger partial charge in [0.15, 0.2) is 0 Å². The molecule has 0 spiro atoms. The Bertz CT molecular complexity index is 3380. The molecule has 0 amide bonds. The van der Waals surface area contributed by atoms with Gasteiger partial charge in [0.2, 0.25) is 5.71 Å². The summed E-state index contributed by atoms with van der Waals surface area (Å²) in [6.45, 7) is 0. The lowest BCUT2D eigenvalue weighted by Crippen LogP contribution is -1.95. The number of para-hydroxylation sites is 5. The minimum absolute atomic E-state index is 0.863. The minimum Gasteiger partial charge on any atom is -0.439 e. The Morgan fingerprint density at radius 1 is 0.315 bits per heavy atom. The molecule has 4 heteroatoms. The van der Waals surface area contributed by atoms with E-state index >= 15 is 0 Å². The van der Waals surface area contributed by atoms with Crippen molar-refractivity contribution in [3.05, 3.63) is 188 Å². The second kappa shape index (κ2) is 11.1. The van der Waals surface area contributed by atoms with Crippen molar-refractivity contribution in [1.82, 2.24) is 13.7 Å². The van der Waals surface area contributed by atoms with Crippen molar-refractivity contribution in [2.45, 2.75) is 0 Å². The summed E-state index contributed by atoms with van der Waals surface area (Å²) < 4.78 is 13.8. The highest BCUT2D eigenvalue weighted by Crippen LogP contribution is 2.44. The van der Waals surface area contributed by atoms with Crippen LogP contribution in [0.4, 0.5) is 0 Å². The fourth-order valence-corrected chi connectivity index (χ4v) is 8.98. The summed E-state index contributed by atoms with van der Waals surface area (Å²) >= 11 is 0. The third-order valence-electron chi connectivity index (χ3n) is 11.2. The molecule has 0 unspecified atom stereocenters. The van der Waals surface area contributed by atoms with Crippen molar-refractivity contribution < 1.29 is 4.42 Å². The molecule has 0 bridgehead atoms. The molecule has 0 N–H and O–H groups in total. The summed E-state index contributed by atoms with van der Waals surface area (Å²) in [5.41, 5.74) is 13.3. The van der Waals surface area contributed by atoms with Crippen LogP contribution < -0.4 is 0 Å². The lowest BCUT2D eigenvalue weighted by molar-refractivity contribution is 0.645. The van der Waals surface area contributed by atoms with E-state index in [4.69, 9.17) is 4.42 Å². The van der Waals surface area contributed by atoms with E-state index in [2.05, 4.69) is 202 Å². The van der Waals surface area contributed by atoms with Gasteiger partial charge in [-0.3, -0.25) is 4.57 Å². The van der Waals surface area contributed by atoms with Gasteiger partial charge in [0.05, 0.1) is 33.0 Å². The molecule has 4 aromatic heterocycles. The van der Waals surface area contributed by atoms with E-state index in [1.165, 1.54) is 49.0 Å². The Labute approximate surface area is 309 Å². The molecule has 0 saturated heterocycles. The minimum atomic E-state index is 0.863. The molecule has 0 aliphatic carbocycles. The number of rotatable bonds is 4. The smallest absolute Gasteiger partial charge is 0.213 e. The molecule has 12 rings (SSSR count). The first-order valence-electron chi connectivity index (χ1n) is 18.4. The zero-order valence-corrected chi connectivity index (χ0v) is 29.1. The second-order valence-corrected chi connectivity index (χ2v) is 14.1. The van der Waals surface area contributed by atoms with Crippen molar-refractivity contribution in [2.24, 2.45) is 0 Å². The third kappa shape index (κ3) is 4.02. The van der Waals surface area contributed by atoms with Crippen LogP contribution in [0.15, 0.2) is 192 Å². The number of nitrogens with zero attached hydrogens (tertiary/aromatic N) is 3. The molecule has 0 radical (unpaired) electrons. The molecule has 4 heterocycles. The third-order valence-corrected chi connectivity index (χ3v) is 11.2. The van der Waals surface area contributed by atoms with Crippen LogP contribution >= 0.6 is 0 Å². The van der Waals surface area contributed by atoms with E-state index in [1.807, 2.05) is 0 Å². The van der Waals surface area contributed by atoms with Crippen molar-refractivity contribution in [3.63, 3.8) is 0 Å². The summed E-state index contributed by atoms with van der Waals surface area (Å²) in [7, 11) is 0. The van der Waals surface area contributed by atoms with Crippen molar-refractivity contribution in [2.75, 3.05) is 0 Å². The Morgan fingerprint density at radius 3 is 1.52 bits per heavy atom. The van der Waals surface area contributed by atoms with Gasteiger partial charge in [-0.2, -0.15) is 0 Å². The highest BCUT2D eigenvalue weighted by Gasteiger charge is 2.23. The molecule has 8 aromatic carbocycles. The Morgan fingerprint density at radius 2 is 0.833 bits per heavy atom. The standard InChI is InChI=1S/C50H31N3O/c1-3-14-33(15-4-1)51-45-28-26-32(30-40(45)41-31-35(27-29-46(41)51)52-42-22-10-7-18-37(42)38-19-8-11-23-43(38)52)36-21-13-25-47-48(36)49-39-20-9-12-24-44(39)53(50(49)54-47)34-16-5-2-6-17-34/h1-31H. The number of aromatic nitrogens is 3. The van der Waals surface area contributed by atoms with E-state index in [9.17, 15) is 0 Å². The SMILES string of the molecule is c1ccc(-n2c3ccc(-c4cccc5oc6c(c7ccccc7n6-c6ccccc6)c45)cc3c3cc(-n4c5ccccc5c5ccccc54)ccc32)cc1. The summed E-state index contributed by atoms with van der Waals surface area (Å²) in [5, 5.41) is 8.39. The maximum absolute atomic E-state index is 6.79. The van der Waals surface area contributed by atoms with E-state index < -0.39 is 0 Å². The van der Waals surface area contributed by atoms with Crippen LogP contribution in [0, 0.1) is 0 Å². The summed E-state index contributed by atoms with van der Waals surface area (Å²) in [5.74, 6) is 0. The summed E-state index contributed by atoms with van der Waals surface area (Å²) in [6.07, 6.45) is 0. The van der Waals surface area contributed by atoms with Gasteiger partial charge in [-0.05, 0) is 90.0 Å². The number of furan rings is 1. The highest BCUT2D eigenvalue weighted by molar-refractivity contribution is 6.24. The summed E-state index contributed by atoms with van der Waals surface area (Å²) in [4.78, 5) is 0. The van der Waals surface area contributed by atoms with Crippen molar-refractivity contribution in [1.29, 1.82) is 0 Å². The summed E-state index contributed by atoms with van der Waals surface area (Å²) in [6, 6.07) is 67.6. The molecule has 12 aromatic rings. The van der Waals surface area contributed by atoms with Crippen molar-refractivity contribution >= 4 is 76.6 Å². The molecule has 0 fully saturated rings. The van der Waals surface area contributed by atoms with Gasteiger partial charge in [-0.25, -0.2) is 0 Å². The number of fused-ring (bicyclic) bond motifs is 11. The molecule has 0 saturated carbocycles. The van der Waals surface area contributed by atoms with E-state index in [-0.39, 0.29) is 0 Å². The van der Waals surface area contributed by atoms with Crippen LogP contribution in [0.25, 0.3) is 105 Å². The first kappa shape index (κ1) is 29.3. The molecule has 0 atom stereocenters. The predicted molar refractivity (Wildman–Crippen MR) is 225 cm³/mol. The fourth-order valence-electron chi connectivity index (χ4n) is 8.98. The largest absolute Gasteiger partial charge is 0.439 e. The Kier molecular flexibility index (Phi) is 6.02. The van der Waals surface area contributed by atoms with Crippen LogP contribution in [-0.4, -0.2) is 13.7 Å². The second-order valence-electron chi connectivity index (χ2n) is 14.1. The normalized spacial score (nSPS) is 12.1. The van der Waals surface area contributed by atoms with Gasteiger partial charge in [0.25, 0.3) is 0 Å². The van der Waals surface area contributed by atoms with Crippen LogP contribution in [0.5, 0.6) is 0 Å². The lowest BCUT2D eigenvalue weighted by Gasteiger charge is -2.10. The predicted octanol–water partition coefficient (Wildman–Crippen LogP) is 13.4. The average molecular weight is 690 g/mol. The molecule has 252 valence electrons. The molecule has 4 nitrogen and oxygen atoms in total. The first-order chi connectivity index (χ1) is 26.8. The molecule has 54 heavy (non-hydrogen) atoms. The van der Waals surface area contributed by atoms with Gasteiger partial charge in [-0.1, -0.05) is 109 Å². The Balaban J connectivity index is 1.15. The lowest BCUT2D eigenvalue weighted by atomic mass is 9.97. The topological polar surface area (TPSA) is 27.9 Å². The van der Waals surface area contributed by atoms with Crippen LogP contribution in [0.3, 0.4) is 0 Å². The van der Waals surface area contributed by atoms with Crippen LogP contribution in [0.2, 0.25) is 0 Å². The van der Waals surface area contributed by atoms with E-state index in [0.717, 1.165) is 55.8 Å². The van der Waals surface area contributed by atoms with Gasteiger partial charge in [0, 0.05) is 49.4 Å². The van der Waals surface area contributed by atoms with Crippen LogP contribution in [0.1, 0.15) is 0 Å². The first-order valence-corrected chi connectivity index (χ1v) is 18.4. The Hall–Kier alpha value is -7.30. The molecule has 0 aliphatic rings. The van der Waals surface area contributed by atoms with Gasteiger partial charge < -0.3 is 13.6 Å². The zero-order chi connectivity index (χ0) is 35.3. The molecular weight excluding hydrogens is 659 g/mol. The number of benzene rings is 8. The van der Waals surface area contributed by atoms with E-state index in [1.54, 1.807) is 0 Å². The van der Waals surface area contributed by atoms with Gasteiger partial charge in [-0.15, -0.1) is 0 Å². The van der Waals surface area contributed by atoms with E-state index in [0.29, 0.717) is 0 Å². The number of hydrogen-bond donors (Lipinski definition) is 0. The number of hydrogen-bond acceptors (Lipinski definition) is 1. The zero-order valence-electron chi connectivity index (χ0n) is 29.1. The quantitative estimate of drug-likeness (QED) is 0.181.